The minimum atomic E-state index is -0.303. The Hall–Kier alpha value is -2.94. The third-order valence-electron chi connectivity index (χ3n) is 4.17. The van der Waals surface area contributed by atoms with E-state index in [4.69, 9.17) is 9.47 Å². The molecule has 0 spiro atoms. The molecule has 3 heterocycles. The Morgan fingerprint density at radius 1 is 1.19 bits per heavy atom. The number of pyridine rings is 1. The van der Waals surface area contributed by atoms with Crippen LogP contribution in [0.3, 0.4) is 0 Å². The molecule has 2 aromatic rings. The van der Waals surface area contributed by atoms with Gasteiger partial charge in [0.1, 0.15) is 5.03 Å². The van der Waals surface area contributed by atoms with Gasteiger partial charge in [-0.25, -0.2) is 9.78 Å². The fourth-order valence-electron chi connectivity index (χ4n) is 2.83. The van der Waals surface area contributed by atoms with E-state index in [-0.39, 0.29) is 25.3 Å². The number of hydrogen-bond donors (Lipinski definition) is 2. The first-order chi connectivity index (χ1) is 13.2. The number of benzene rings is 1. The number of nitrogens with zero attached hydrogens (tertiary/aromatic N) is 2. The Labute approximate surface area is 160 Å². The van der Waals surface area contributed by atoms with E-state index in [1.807, 2.05) is 24.3 Å². The van der Waals surface area contributed by atoms with Crippen molar-refractivity contribution in [3.05, 3.63) is 42.1 Å². The van der Waals surface area contributed by atoms with Gasteiger partial charge in [-0.3, -0.25) is 9.69 Å². The molecule has 1 aromatic carbocycles. The van der Waals surface area contributed by atoms with E-state index in [2.05, 4.69) is 15.6 Å². The Balaban J connectivity index is 1.28. The topological polar surface area (TPSA) is 92.8 Å². The van der Waals surface area contributed by atoms with Crippen molar-refractivity contribution in [2.75, 3.05) is 30.5 Å². The number of carbonyl (C=O) groups excluding carboxylic acids is 2. The third-order valence-corrected chi connectivity index (χ3v) is 5.14. The molecule has 1 aromatic heterocycles. The number of ether oxygens (including phenoxy) is 2. The van der Waals surface area contributed by atoms with Gasteiger partial charge in [0.2, 0.25) is 12.7 Å². The average molecular weight is 386 g/mol. The summed E-state index contributed by atoms with van der Waals surface area (Å²) in [6.45, 7) is 1.04. The molecule has 0 saturated heterocycles. The lowest BCUT2D eigenvalue weighted by molar-refractivity contribution is -0.120. The molecule has 0 radical (unpaired) electrons. The first-order valence-electron chi connectivity index (χ1n) is 8.49. The first kappa shape index (κ1) is 17.5. The lowest BCUT2D eigenvalue weighted by atomic mass is 10.2. The van der Waals surface area contributed by atoms with Gasteiger partial charge in [-0.1, -0.05) is 6.07 Å². The molecule has 2 aliphatic rings. The Kier molecular flexibility index (Phi) is 5.01. The van der Waals surface area contributed by atoms with Crippen LogP contribution < -0.4 is 25.0 Å². The van der Waals surface area contributed by atoms with E-state index in [9.17, 15) is 9.59 Å². The highest BCUT2D eigenvalue weighted by molar-refractivity contribution is 7.99. The summed E-state index contributed by atoms with van der Waals surface area (Å²) >= 11 is 1.62. The van der Waals surface area contributed by atoms with Crippen LogP contribution in [-0.2, 0) is 11.3 Å². The number of amides is 3. The lowest BCUT2D eigenvalue weighted by Crippen LogP contribution is -2.46. The number of thioether (sulfide) groups is 1. The monoisotopic (exact) mass is 386 g/mol. The summed E-state index contributed by atoms with van der Waals surface area (Å²) < 4.78 is 10.6. The van der Waals surface area contributed by atoms with E-state index in [1.54, 1.807) is 28.9 Å². The zero-order valence-corrected chi connectivity index (χ0v) is 15.3. The van der Waals surface area contributed by atoms with Crippen LogP contribution >= 0.6 is 11.8 Å². The molecule has 0 bridgehead atoms. The number of hydrogen-bond acceptors (Lipinski definition) is 6. The van der Waals surface area contributed by atoms with Crippen molar-refractivity contribution >= 4 is 29.4 Å². The van der Waals surface area contributed by atoms with Gasteiger partial charge in [0.15, 0.2) is 11.5 Å². The Morgan fingerprint density at radius 2 is 2.07 bits per heavy atom. The van der Waals surface area contributed by atoms with Crippen LogP contribution in [0.1, 0.15) is 5.56 Å². The summed E-state index contributed by atoms with van der Waals surface area (Å²) in [5, 5.41) is 6.27. The zero-order valence-electron chi connectivity index (χ0n) is 14.4. The molecule has 0 fully saturated rings. The molecule has 3 amide bonds. The maximum atomic E-state index is 12.4. The predicted octanol–water partition coefficient (Wildman–Crippen LogP) is 1.75. The van der Waals surface area contributed by atoms with Crippen molar-refractivity contribution < 1.29 is 19.1 Å². The largest absolute Gasteiger partial charge is 0.454 e. The smallest absolute Gasteiger partial charge is 0.322 e. The summed E-state index contributed by atoms with van der Waals surface area (Å²) in [7, 11) is 0. The van der Waals surface area contributed by atoms with Crippen molar-refractivity contribution in [2.45, 2.75) is 11.6 Å². The molecule has 4 rings (SSSR count). The molecule has 8 nitrogen and oxygen atoms in total. The number of aromatic nitrogens is 1. The third kappa shape index (κ3) is 3.92. The van der Waals surface area contributed by atoms with Crippen molar-refractivity contribution in [1.82, 2.24) is 15.6 Å². The van der Waals surface area contributed by atoms with Crippen LogP contribution in [0.15, 0.2) is 41.6 Å². The Morgan fingerprint density at radius 3 is 3.00 bits per heavy atom. The van der Waals surface area contributed by atoms with Crippen molar-refractivity contribution in [3.63, 3.8) is 0 Å². The number of urea groups is 1. The van der Waals surface area contributed by atoms with Crippen LogP contribution in [0.4, 0.5) is 10.5 Å². The number of nitrogens with one attached hydrogen (secondary N) is 2. The fourth-order valence-corrected chi connectivity index (χ4v) is 3.76. The summed E-state index contributed by atoms with van der Waals surface area (Å²) in [5.74, 6) is 1.88. The summed E-state index contributed by atoms with van der Waals surface area (Å²) in [6.07, 6.45) is 1.71. The van der Waals surface area contributed by atoms with Gasteiger partial charge in [-0.15, -0.1) is 11.8 Å². The van der Waals surface area contributed by atoms with E-state index < -0.39 is 0 Å². The van der Waals surface area contributed by atoms with E-state index in [0.717, 1.165) is 22.0 Å². The zero-order chi connectivity index (χ0) is 18.6. The maximum Gasteiger partial charge on any atom is 0.322 e. The van der Waals surface area contributed by atoms with Crippen LogP contribution in [0.5, 0.6) is 11.5 Å². The van der Waals surface area contributed by atoms with Gasteiger partial charge in [0, 0.05) is 25.0 Å². The number of rotatable bonds is 4. The quantitative estimate of drug-likeness (QED) is 0.832. The number of fused-ring (bicyclic) bond motifs is 2. The summed E-state index contributed by atoms with van der Waals surface area (Å²) in [4.78, 5) is 30.4. The minimum absolute atomic E-state index is 0.0946. The molecular formula is C18H18N4O4S. The molecular weight excluding hydrogens is 368 g/mol. The van der Waals surface area contributed by atoms with Gasteiger partial charge in [-0.05, 0) is 29.8 Å². The van der Waals surface area contributed by atoms with E-state index in [0.29, 0.717) is 24.6 Å². The summed E-state index contributed by atoms with van der Waals surface area (Å²) in [5.41, 5.74) is 1.67. The minimum Gasteiger partial charge on any atom is -0.454 e. The van der Waals surface area contributed by atoms with Crippen molar-refractivity contribution in [1.29, 1.82) is 0 Å². The van der Waals surface area contributed by atoms with E-state index in [1.165, 1.54) is 0 Å². The van der Waals surface area contributed by atoms with Crippen LogP contribution in [0.2, 0.25) is 0 Å². The molecule has 0 unspecified atom stereocenters. The molecule has 2 N–H and O–H groups in total. The molecule has 140 valence electrons. The highest BCUT2D eigenvalue weighted by Crippen LogP contribution is 2.33. The second kappa shape index (κ2) is 7.75. The Bertz CT molecular complexity index is 876. The predicted molar refractivity (Wildman–Crippen MR) is 100 cm³/mol. The number of carbonyl (C=O) groups is 2. The average Bonchev–Trinajstić information content (AvgIpc) is 3.18. The highest BCUT2D eigenvalue weighted by Gasteiger charge is 2.23. The normalized spacial score (nSPS) is 14.4. The van der Waals surface area contributed by atoms with Gasteiger partial charge in [0.05, 0.1) is 12.2 Å². The first-order valence-corrected chi connectivity index (χ1v) is 9.48. The van der Waals surface area contributed by atoms with E-state index >= 15 is 0 Å². The molecule has 27 heavy (non-hydrogen) atoms. The second-order valence-corrected chi connectivity index (χ2v) is 7.03. The van der Waals surface area contributed by atoms with Crippen LogP contribution in [0, 0.1) is 0 Å². The fraction of sp³-hybridized carbons (Fsp3) is 0.278. The SMILES string of the molecule is O=C(CNC(=O)N1CCSc2ncccc21)NCc1ccc2c(c1)OCO2. The van der Waals surface area contributed by atoms with Gasteiger partial charge >= 0.3 is 6.03 Å². The van der Waals surface area contributed by atoms with Crippen LogP contribution in [0.25, 0.3) is 0 Å². The molecule has 2 aliphatic heterocycles. The number of anilines is 1. The van der Waals surface area contributed by atoms with Gasteiger partial charge in [0.25, 0.3) is 0 Å². The second-order valence-electron chi connectivity index (χ2n) is 5.95. The van der Waals surface area contributed by atoms with Gasteiger partial charge < -0.3 is 20.1 Å². The maximum absolute atomic E-state index is 12.4. The lowest BCUT2D eigenvalue weighted by Gasteiger charge is -2.28. The standard InChI is InChI=1S/C18H18N4O4S/c23-16(20-9-12-3-4-14-15(8-12)26-11-25-14)10-21-18(24)22-6-7-27-17-13(22)2-1-5-19-17/h1-5,8H,6-7,9-11H2,(H,20,23)(H,21,24). The van der Waals surface area contributed by atoms with Crippen LogP contribution in [-0.4, -0.2) is 42.6 Å². The van der Waals surface area contributed by atoms with Crippen molar-refractivity contribution in [2.24, 2.45) is 0 Å². The molecule has 0 saturated carbocycles. The molecule has 0 atom stereocenters. The summed E-state index contributed by atoms with van der Waals surface area (Å²) in [6, 6.07) is 8.85. The highest BCUT2D eigenvalue weighted by atomic mass is 32.2. The molecule has 0 aliphatic carbocycles. The molecule has 9 heteroatoms. The van der Waals surface area contributed by atoms with Gasteiger partial charge in [-0.2, -0.15) is 0 Å². The van der Waals surface area contributed by atoms with Crippen molar-refractivity contribution in [3.8, 4) is 11.5 Å².